The van der Waals surface area contributed by atoms with Gasteiger partial charge in [0.15, 0.2) is 0 Å². The summed E-state index contributed by atoms with van der Waals surface area (Å²) in [6.45, 7) is -21.3. The van der Waals surface area contributed by atoms with Gasteiger partial charge in [-0.15, -0.1) is 11.3 Å². The first-order valence-electron chi connectivity index (χ1n) is 20.8. The van der Waals surface area contributed by atoms with Crippen molar-refractivity contribution in [3.05, 3.63) is 81.9 Å². The van der Waals surface area contributed by atoms with Gasteiger partial charge in [0.25, 0.3) is 11.8 Å². The lowest BCUT2D eigenvalue weighted by molar-refractivity contribution is -0.110. The summed E-state index contributed by atoms with van der Waals surface area (Å²) >= 11 is 1.05. The number of H-pyrrole nitrogens is 1. The molecule has 1 aliphatic heterocycles. The number of carbonyl (C=O) groups is 2. The van der Waals surface area contributed by atoms with Crippen molar-refractivity contribution in [2.75, 3.05) is 31.3 Å². The van der Waals surface area contributed by atoms with Crippen molar-refractivity contribution in [1.29, 1.82) is 0 Å². The van der Waals surface area contributed by atoms with E-state index in [2.05, 4.69) is 15.3 Å². The van der Waals surface area contributed by atoms with Crippen LogP contribution in [0.4, 0.5) is 5.69 Å². The predicted molar refractivity (Wildman–Crippen MR) is 160 cm³/mol. The smallest absolute Gasteiger partial charge is 0.256 e. The van der Waals surface area contributed by atoms with Crippen molar-refractivity contribution in [3.63, 3.8) is 0 Å². The van der Waals surface area contributed by atoms with Gasteiger partial charge in [-0.2, -0.15) is 0 Å². The van der Waals surface area contributed by atoms with Gasteiger partial charge in [0, 0.05) is 68.6 Å². The Balaban J connectivity index is 1.50. The number of carbonyl (C=O) groups excluding carboxylic acids is 2. The molecule has 8 heteroatoms. The van der Waals surface area contributed by atoms with Crippen LogP contribution in [0.1, 0.15) is 72.6 Å². The maximum Gasteiger partial charge on any atom is 0.256 e. The number of aryl methyl sites for hydroxylation is 1. The van der Waals surface area contributed by atoms with Crippen molar-refractivity contribution in [3.8, 4) is 21.8 Å². The predicted octanol–water partition coefficient (Wildman–Crippen LogP) is 5.99. The quantitative estimate of drug-likeness (QED) is 0.220. The average Bonchev–Trinajstić information content (AvgIpc) is 3.76. The van der Waals surface area contributed by atoms with Gasteiger partial charge in [0.2, 0.25) is 0 Å². The van der Waals surface area contributed by atoms with E-state index in [1.807, 2.05) is 0 Å². The van der Waals surface area contributed by atoms with Crippen LogP contribution in [-0.2, 0) is 4.79 Å². The first-order valence-corrected chi connectivity index (χ1v) is 12.2. The maximum absolute atomic E-state index is 13.7. The summed E-state index contributed by atoms with van der Waals surface area (Å²) in [5.74, 6) is -1.90. The third-order valence-electron chi connectivity index (χ3n) is 5.88. The number of fused-ring (bicyclic) bond motifs is 1. The molecule has 2 aromatic heterocycles. The Bertz CT molecular complexity index is 2320. The second-order valence-corrected chi connectivity index (χ2v) is 9.08. The molecule has 0 aliphatic carbocycles. The SMILES string of the molecule is [2H]c1c([2H])c([2H])c(-c2nc(-c3ccc4c(c3)/C(=C/c3[nH]c(C)c(C(=O)NC([2H])([2H])C([2H])([2H])N(C([2H])([2H])C([2H])([2H])[2H])C([2H])([2H])C([2H])([2H])[2H])c3C)C(=O)N4)cs2)c([2H])c1[2H]. The molecule has 0 radical (unpaired) electrons. The first kappa shape index (κ1) is 12.0. The lowest BCUT2D eigenvalue weighted by Crippen LogP contribution is -2.35. The highest BCUT2D eigenvalue weighted by molar-refractivity contribution is 7.13. The number of benzene rings is 2. The van der Waals surface area contributed by atoms with E-state index in [-0.39, 0.29) is 38.7 Å². The Morgan fingerprint density at radius 2 is 2.00 bits per heavy atom. The Labute approximate surface area is 259 Å². The van der Waals surface area contributed by atoms with E-state index in [0.717, 1.165) is 11.3 Å². The lowest BCUT2D eigenvalue weighted by atomic mass is 10.0. The van der Waals surface area contributed by atoms with Gasteiger partial charge in [-0.25, -0.2) is 4.98 Å². The minimum atomic E-state index is -4.17. The number of amides is 2. The number of aromatic amines is 1. The van der Waals surface area contributed by atoms with Gasteiger partial charge in [-0.3, -0.25) is 9.59 Å². The van der Waals surface area contributed by atoms with Crippen LogP contribution in [0.15, 0.2) is 53.8 Å². The summed E-state index contributed by atoms with van der Waals surface area (Å²) in [5, 5.41) is 6.20. The van der Waals surface area contributed by atoms with E-state index in [9.17, 15) is 9.59 Å². The number of thiazole rings is 1. The van der Waals surface area contributed by atoms with Crippen molar-refractivity contribution < 1.29 is 35.6 Å². The summed E-state index contributed by atoms with van der Waals surface area (Å²) in [4.78, 5) is 33.4. The number of anilines is 1. The van der Waals surface area contributed by atoms with Gasteiger partial charge in [-0.05, 0) is 50.6 Å². The van der Waals surface area contributed by atoms with Gasteiger partial charge < -0.3 is 20.5 Å². The molecule has 3 N–H and O–H groups in total. The zero-order valence-electron chi connectivity index (χ0n) is 39.5. The second-order valence-electron chi connectivity index (χ2n) is 8.22. The topological polar surface area (TPSA) is 90.1 Å². The molecular weight excluding hydrogens is 506 g/mol. The standard InChI is InChI=1S/C31H33N5O2S/c1-5-36(6-2)15-14-32-30(38)28-19(3)26(33-20(28)4)17-24-23-16-22(12-13-25(23)34-29(24)37)27-18-39-31(35-27)21-10-8-7-9-11-21/h7-13,16-18,33H,5-6,14-15H2,1-4H3,(H,32,38)(H,34,37)/b24-17-/i1D3,2D3,5D2,6D2,7D,8D,9D,10D,11D,14D2,15D2. The van der Waals surface area contributed by atoms with Crippen molar-refractivity contribution in [2.45, 2.75) is 27.6 Å². The fraction of sp³-hybridized carbons (Fsp3) is 0.258. The number of hydrogen-bond donors (Lipinski definition) is 3. The fourth-order valence-corrected chi connectivity index (χ4v) is 4.84. The van der Waals surface area contributed by atoms with Crippen molar-refractivity contribution >= 4 is 40.5 Å². The van der Waals surface area contributed by atoms with Crippen molar-refractivity contribution in [1.82, 2.24) is 20.2 Å². The van der Waals surface area contributed by atoms with Crippen LogP contribution >= 0.6 is 11.3 Å². The Morgan fingerprint density at radius 1 is 1.21 bits per heavy atom. The number of hydrogen-bond acceptors (Lipinski definition) is 5. The van der Waals surface area contributed by atoms with Crippen LogP contribution < -0.4 is 10.6 Å². The van der Waals surface area contributed by atoms with Gasteiger partial charge >= 0.3 is 0 Å². The zero-order chi connectivity index (χ0) is 44.0. The molecule has 0 fully saturated rings. The zero-order valence-corrected chi connectivity index (χ0v) is 21.3. The number of aromatic nitrogens is 2. The molecule has 0 unspecified atom stereocenters. The van der Waals surface area contributed by atoms with Crippen LogP contribution in [0, 0.1) is 13.8 Å². The first-order chi connectivity index (χ1) is 26.3. The van der Waals surface area contributed by atoms with Crippen LogP contribution in [0.3, 0.4) is 0 Å². The number of rotatable bonds is 9. The van der Waals surface area contributed by atoms with Gasteiger partial charge in [-0.1, -0.05) is 50.0 Å². The normalized spacial score (nSPS) is 22.9. The third-order valence-corrected chi connectivity index (χ3v) is 6.74. The molecule has 0 atom stereocenters. The van der Waals surface area contributed by atoms with E-state index in [0.29, 0.717) is 22.5 Å². The molecule has 0 bridgehead atoms. The highest BCUT2D eigenvalue weighted by atomic mass is 32.1. The number of likely N-dealkylation sites (N-methyl/N-ethyl adjacent to an activating group) is 1. The molecule has 1 aliphatic rings. The lowest BCUT2D eigenvalue weighted by Gasteiger charge is -2.18. The van der Waals surface area contributed by atoms with E-state index < -0.39 is 86.6 Å². The molecule has 0 spiro atoms. The minimum Gasteiger partial charge on any atom is -0.358 e. The van der Waals surface area contributed by atoms with E-state index in [4.69, 9.17) is 26.0 Å². The summed E-state index contributed by atoms with van der Waals surface area (Å²) in [6, 6.07) is 2.45. The van der Waals surface area contributed by atoms with Crippen LogP contribution in [0.25, 0.3) is 33.5 Å². The molecule has 2 aromatic carbocycles. The molecule has 2 amide bonds. The maximum atomic E-state index is 13.7. The highest BCUT2D eigenvalue weighted by Crippen LogP contribution is 2.38. The minimum absolute atomic E-state index is 0.0701. The van der Waals surface area contributed by atoms with Crippen molar-refractivity contribution in [2.24, 2.45) is 0 Å². The molecule has 4 aromatic rings. The molecule has 200 valence electrons. The van der Waals surface area contributed by atoms with E-state index >= 15 is 0 Å². The van der Waals surface area contributed by atoms with Gasteiger partial charge in [0.1, 0.15) is 5.01 Å². The Kier molecular flexibility index (Phi) is 3.51. The van der Waals surface area contributed by atoms with E-state index in [1.165, 1.54) is 19.9 Å². The van der Waals surface area contributed by atoms with Crippen LogP contribution in [-0.4, -0.2) is 52.7 Å². The largest absolute Gasteiger partial charge is 0.358 e. The number of nitrogens with one attached hydrogen (secondary N) is 3. The average molecular weight is 559 g/mol. The third kappa shape index (κ3) is 5.44. The molecule has 5 rings (SSSR count). The molecule has 3 heterocycles. The van der Waals surface area contributed by atoms with Crippen LogP contribution in [0.2, 0.25) is 0 Å². The Morgan fingerprint density at radius 3 is 2.77 bits per heavy atom. The summed E-state index contributed by atoms with van der Waals surface area (Å²) < 4.78 is 152. The highest BCUT2D eigenvalue weighted by Gasteiger charge is 2.26. The molecule has 39 heavy (non-hydrogen) atoms. The molecule has 0 saturated carbocycles. The second kappa shape index (κ2) is 11.4. The van der Waals surface area contributed by atoms with Gasteiger partial charge in [0.05, 0.1) is 26.4 Å². The fourth-order valence-electron chi connectivity index (χ4n) is 4.06. The number of nitrogens with zero attached hydrogens (tertiary/aromatic N) is 2. The Hall–Kier alpha value is -4.01. The summed E-state index contributed by atoms with van der Waals surface area (Å²) in [7, 11) is 0. The van der Waals surface area contributed by atoms with Crippen LogP contribution in [0.5, 0.6) is 0 Å². The molecular formula is C31H33N5O2S. The molecule has 7 nitrogen and oxygen atoms in total. The monoisotopic (exact) mass is 558 g/mol. The summed E-state index contributed by atoms with van der Waals surface area (Å²) in [6.07, 6.45) is 1.38. The summed E-state index contributed by atoms with van der Waals surface area (Å²) in [5.41, 5.74) is 1.70. The van der Waals surface area contributed by atoms with E-state index in [1.54, 1.807) is 28.9 Å². The molecule has 0 saturated heterocycles.